The van der Waals surface area contributed by atoms with Gasteiger partial charge in [0, 0.05) is 31.7 Å². The molecule has 2 aromatic heterocycles. The number of furan rings is 1. The largest absolute Gasteiger partial charge is 0.461 e. The molecule has 1 aliphatic heterocycles. The maximum absolute atomic E-state index is 12.5. The second-order valence-electron chi connectivity index (χ2n) is 8.76. The third kappa shape index (κ3) is 5.42. The summed E-state index contributed by atoms with van der Waals surface area (Å²) in [5.74, 6) is 3.11. The zero-order valence-electron chi connectivity index (χ0n) is 18.1. The number of amides is 1. The summed E-state index contributed by atoms with van der Waals surface area (Å²) in [6.45, 7) is 14.6. The summed E-state index contributed by atoms with van der Waals surface area (Å²) in [5, 5.41) is 12.3. The highest BCUT2D eigenvalue weighted by molar-refractivity contribution is 7.99. The highest BCUT2D eigenvalue weighted by atomic mass is 32.2. The molecule has 8 heteroatoms. The van der Waals surface area contributed by atoms with E-state index < -0.39 is 0 Å². The first-order valence-corrected chi connectivity index (χ1v) is 11.4. The molecule has 2 unspecified atom stereocenters. The molecule has 2 atom stereocenters. The molecule has 29 heavy (non-hydrogen) atoms. The van der Waals surface area contributed by atoms with E-state index in [1.54, 1.807) is 6.26 Å². The van der Waals surface area contributed by atoms with Gasteiger partial charge in [0.05, 0.1) is 12.0 Å². The third-order valence-electron chi connectivity index (χ3n) is 5.55. The van der Waals surface area contributed by atoms with E-state index in [1.807, 2.05) is 23.6 Å². The predicted octanol–water partition coefficient (Wildman–Crippen LogP) is 3.52. The van der Waals surface area contributed by atoms with Crippen molar-refractivity contribution in [2.75, 3.05) is 25.4 Å². The molecule has 0 aromatic carbocycles. The van der Waals surface area contributed by atoms with E-state index in [4.69, 9.17) is 4.42 Å². The van der Waals surface area contributed by atoms with Gasteiger partial charge in [0.15, 0.2) is 16.7 Å². The molecule has 1 saturated heterocycles. The topological polar surface area (TPSA) is 76.2 Å². The lowest BCUT2D eigenvalue weighted by Gasteiger charge is -2.45. The maximum Gasteiger partial charge on any atom is 0.230 e. The van der Waals surface area contributed by atoms with Crippen molar-refractivity contribution in [1.82, 2.24) is 25.0 Å². The predicted molar refractivity (Wildman–Crippen MR) is 116 cm³/mol. The van der Waals surface area contributed by atoms with Crippen LogP contribution in [-0.2, 0) is 11.3 Å². The summed E-state index contributed by atoms with van der Waals surface area (Å²) in [6.07, 6.45) is 2.91. The van der Waals surface area contributed by atoms with Gasteiger partial charge in [0.2, 0.25) is 5.91 Å². The van der Waals surface area contributed by atoms with Crippen molar-refractivity contribution in [3.8, 4) is 11.6 Å². The van der Waals surface area contributed by atoms with Gasteiger partial charge in [0.1, 0.15) is 0 Å². The van der Waals surface area contributed by atoms with E-state index in [0.717, 1.165) is 18.2 Å². The van der Waals surface area contributed by atoms with Crippen LogP contribution in [0.4, 0.5) is 0 Å². The molecule has 0 saturated carbocycles. The molecule has 1 N–H and O–H groups in total. The fraction of sp³-hybridized carbons (Fsp3) is 0.667. The first-order chi connectivity index (χ1) is 13.8. The van der Waals surface area contributed by atoms with Crippen molar-refractivity contribution < 1.29 is 9.21 Å². The standard InChI is InChI=1S/C21H33N5O2S/c1-6-26-19(17-8-7-9-28-17)23-24-20(26)29-13-18(27)22-14-21(4,5)25-11-15(2)10-16(3)12-25/h7-9,15-16H,6,10-14H2,1-5H3,(H,22,27). The number of nitrogens with zero attached hydrogens (tertiary/aromatic N) is 4. The van der Waals surface area contributed by atoms with Gasteiger partial charge in [-0.15, -0.1) is 10.2 Å². The van der Waals surface area contributed by atoms with Gasteiger partial charge in [-0.3, -0.25) is 14.3 Å². The van der Waals surface area contributed by atoms with Crippen LogP contribution in [0.5, 0.6) is 0 Å². The Bertz CT molecular complexity index is 792. The molecule has 7 nitrogen and oxygen atoms in total. The molecular weight excluding hydrogens is 386 g/mol. The summed E-state index contributed by atoms with van der Waals surface area (Å²) in [4.78, 5) is 15.0. The molecule has 1 amide bonds. The Morgan fingerprint density at radius 3 is 2.66 bits per heavy atom. The van der Waals surface area contributed by atoms with Crippen LogP contribution in [0.2, 0.25) is 0 Å². The Balaban J connectivity index is 1.53. The number of nitrogens with one attached hydrogen (secondary N) is 1. The minimum atomic E-state index is -0.0564. The summed E-state index contributed by atoms with van der Waals surface area (Å²) in [5.41, 5.74) is -0.0564. The lowest BCUT2D eigenvalue weighted by Crippen LogP contribution is -2.56. The van der Waals surface area contributed by atoms with E-state index in [0.29, 0.717) is 42.3 Å². The van der Waals surface area contributed by atoms with E-state index in [-0.39, 0.29) is 11.4 Å². The molecule has 2 aromatic rings. The van der Waals surface area contributed by atoms with Crippen LogP contribution in [0.25, 0.3) is 11.6 Å². The van der Waals surface area contributed by atoms with E-state index >= 15 is 0 Å². The van der Waals surface area contributed by atoms with Gasteiger partial charge in [-0.2, -0.15) is 0 Å². The molecule has 1 aliphatic rings. The Hall–Kier alpha value is -1.80. The molecule has 3 heterocycles. The van der Waals surface area contributed by atoms with Crippen molar-refractivity contribution in [3.63, 3.8) is 0 Å². The lowest BCUT2D eigenvalue weighted by atomic mass is 9.88. The number of thioether (sulfide) groups is 1. The fourth-order valence-corrected chi connectivity index (χ4v) is 4.87. The number of rotatable bonds is 8. The van der Waals surface area contributed by atoms with Crippen LogP contribution in [-0.4, -0.2) is 56.5 Å². The van der Waals surface area contributed by atoms with Crippen LogP contribution in [0.1, 0.15) is 41.0 Å². The number of carbonyl (C=O) groups excluding carboxylic acids is 1. The molecular formula is C21H33N5O2S. The molecule has 160 valence electrons. The quantitative estimate of drug-likeness (QED) is 0.660. The number of hydrogen-bond acceptors (Lipinski definition) is 6. The van der Waals surface area contributed by atoms with Crippen molar-refractivity contribution in [3.05, 3.63) is 18.4 Å². The van der Waals surface area contributed by atoms with E-state index in [1.165, 1.54) is 18.2 Å². The van der Waals surface area contributed by atoms with Gasteiger partial charge in [-0.05, 0) is 51.2 Å². The smallest absolute Gasteiger partial charge is 0.230 e. The number of likely N-dealkylation sites (tertiary alicyclic amines) is 1. The van der Waals surface area contributed by atoms with Crippen LogP contribution in [0, 0.1) is 11.8 Å². The number of carbonyl (C=O) groups is 1. The van der Waals surface area contributed by atoms with Crippen molar-refractivity contribution in [2.24, 2.45) is 11.8 Å². The zero-order valence-corrected chi connectivity index (χ0v) is 19.0. The van der Waals surface area contributed by atoms with Crippen molar-refractivity contribution in [1.29, 1.82) is 0 Å². The first kappa shape index (κ1) is 21.9. The van der Waals surface area contributed by atoms with E-state index in [2.05, 4.69) is 48.1 Å². The summed E-state index contributed by atoms with van der Waals surface area (Å²) < 4.78 is 7.40. The Kier molecular flexibility index (Phi) is 7.05. The molecule has 0 aliphatic carbocycles. The van der Waals surface area contributed by atoms with Crippen LogP contribution in [0.3, 0.4) is 0 Å². The van der Waals surface area contributed by atoms with Crippen LogP contribution >= 0.6 is 11.8 Å². The zero-order chi connectivity index (χ0) is 21.0. The molecule has 0 spiro atoms. The van der Waals surface area contributed by atoms with Crippen molar-refractivity contribution >= 4 is 17.7 Å². The van der Waals surface area contributed by atoms with Crippen LogP contribution < -0.4 is 5.32 Å². The van der Waals surface area contributed by atoms with Gasteiger partial charge in [-0.25, -0.2) is 0 Å². The Morgan fingerprint density at radius 2 is 2.03 bits per heavy atom. The third-order valence-corrected chi connectivity index (χ3v) is 6.52. The normalized spacial score (nSPS) is 20.7. The van der Waals surface area contributed by atoms with Crippen molar-refractivity contribution in [2.45, 2.75) is 58.3 Å². The first-order valence-electron chi connectivity index (χ1n) is 10.4. The maximum atomic E-state index is 12.5. The van der Waals surface area contributed by atoms with Crippen LogP contribution in [0.15, 0.2) is 28.0 Å². The second-order valence-corrected chi connectivity index (χ2v) is 9.70. The monoisotopic (exact) mass is 419 g/mol. The van der Waals surface area contributed by atoms with Gasteiger partial charge < -0.3 is 9.73 Å². The Labute approximate surface area is 177 Å². The average Bonchev–Trinajstić information content (AvgIpc) is 3.33. The molecule has 1 fully saturated rings. The van der Waals surface area contributed by atoms with E-state index in [9.17, 15) is 4.79 Å². The lowest BCUT2D eigenvalue weighted by molar-refractivity contribution is -0.119. The second kappa shape index (κ2) is 9.34. The number of piperidine rings is 1. The molecule has 3 rings (SSSR count). The highest BCUT2D eigenvalue weighted by Crippen LogP contribution is 2.27. The minimum absolute atomic E-state index is 0.0198. The number of hydrogen-bond donors (Lipinski definition) is 1. The summed E-state index contributed by atoms with van der Waals surface area (Å²) in [6, 6.07) is 3.69. The Morgan fingerprint density at radius 1 is 1.31 bits per heavy atom. The fourth-order valence-electron chi connectivity index (χ4n) is 4.03. The SMILES string of the molecule is CCn1c(SCC(=O)NCC(C)(C)N2CC(C)CC(C)C2)nnc1-c1ccco1. The highest BCUT2D eigenvalue weighted by Gasteiger charge is 2.32. The minimum Gasteiger partial charge on any atom is -0.461 e. The molecule has 0 bridgehead atoms. The van der Waals surface area contributed by atoms with Gasteiger partial charge in [-0.1, -0.05) is 25.6 Å². The summed E-state index contributed by atoms with van der Waals surface area (Å²) >= 11 is 1.41. The summed E-state index contributed by atoms with van der Waals surface area (Å²) in [7, 11) is 0. The van der Waals surface area contributed by atoms with Gasteiger partial charge in [0.25, 0.3) is 0 Å². The number of aromatic nitrogens is 3. The molecule has 0 radical (unpaired) electrons. The van der Waals surface area contributed by atoms with Gasteiger partial charge >= 0.3 is 0 Å². The average molecular weight is 420 g/mol.